The molecule has 1 aromatic carbocycles. The van der Waals surface area contributed by atoms with Gasteiger partial charge in [0.15, 0.2) is 0 Å². The Labute approximate surface area is 96.1 Å². The first-order chi connectivity index (χ1) is 7.81. The highest BCUT2D eigenvalue weighted by molar-refractivity contribution is 5.58. The van der Waals surface area contributed by atoms with Gasteiger partial charge in [0.1, 0.15) is 0 Å². The molecule has 1 N–H and O–H groups in total. The second-order valence-electron chi connectivity index (χ2n) is 3.86. The maximum atomic E-state index is 4.59. The molecule has 0 unspecified atom stereocenters. The van der Waals surface area contributed by atoms with Crippen molar-refractivity contribution in [2.24, 2.45) is 0 Å². The molecule has 0 amide bonds. The third-order valence-electron chi connectivity index (χ3n) is 2.62. The Morgan fingerprint density at radius 3 is 2.69 bits per heavy atom. The van der Waals surface area contributed by atoms with Crippen molar-refractivity contribution >= 4 is 0 Å². The quantitative estimate of drug-likeness (QED) is 0.846. The predicted octanol–water partition coefficient (Wildman–Crippen LogP) is 2.08. The molecule has 0 bridgehead atoms. The Hall–Kier alpha value is -1.61. The van der Waals surface area contributed by atoms with Gasteiger partial charge in [0, 0.05) is 17.8 Å². The molecule has 2 rings (SSSR count). The summed E-state index contributed by atoms with van der Waals surface area (Å²) in [4.78, 5) is 0. The summed E-state index contributed by atoms with van der Waals surface area (Å²) < 4.78 is 2.04. The summed E-state index contributed by atoms with van der Waals surface area (Å²) in [5, 5.41) is 7.73. The molecule has 0 atom stereocenters. The van der Waals surface area contributed by atoms with E-state index >= 15 is 0 Å². The van der Waals surface area contributed by atoms with E-state index in [0.29, 0.717) is 0 Å². The van der Waals surface area contributed by atoms with Gasteiger partial charge in [-0.2, -0.15) is 5.10 Å². The molecule has 1 aromatic heterocycles. The zero-order chi connectivity index (χ0) is 11.4. The van der Waals surface area contributed by atoms with Gasteiger partial charge in [-0.15, -0.1) is 0 Å². The minimum Gasteiger partial charge on any atom is -0.318 e. The van der Waals surface area contributed by atoms with Crippen molar-refractivity contribution in [3.05, 3.63) is 42.1 Å². The van der Waals surface area contributed by atoms with Gasteiger partial charge in [0.25, 0.3) is 0 Å². The Bertz CT molecular complexity index is 445. The van der Waals surface area contributed by atoms with Crippen LogP contribution in [-0.4, -0.2) is 23.4 Å². The van der Waals surface area contributed by atoms with E-state index in [1.54, 1.807) is 0 Å². The number of hydrogen-bond donors (Lipinski definition) is 1. The van der Waals surface area contributed by atoms with Crippen LogP contribution in [0.5, 0.6) is 0 Å². The van der Waals surface area contributed by atoms with Crippen molar-refractivity contribution < 1.29 is 0 Å². The molecule has 0 spiro atoms. The highest BCUT2D eigenvalue weighted by Gasteiger charge is 2.05. The number of rotatable bonds is 4. The third kappa shape index (κ3) is 2.31. The lowest BCUT2D eigenvalue weighted by atomic mass is 10.1. The lowest BCUT2D eigenvalue weighted by Crippen LogP contribution is -2.16. The largest absolute Gasteiger partial charge is 0.318 e. The Balaban J connectivity index is 2.24. The van der Waals surface area contributed by atoms with Crippen LogP contribution in [0.3, 0.4) is 0 Å². The van der Waals surface area contributed by atoms with Crippen molar-refractivity contribution in [2.75, 3.05) is 13.6 Å². The van der Waals surface area contributed by atoms with Crippen LogP contribution in [0.1, 0.15) is 5.69 Å². The lowest BCUT2D eigenvalue weighted by Gasteiger charge is -2.02. The first kappa shape index (κ1) is 10.9. The molecule has 0 saturated heterocycles. The van der Waals surface area contributed by atoms with E-state index in [2.05, 4.69) is 35.5 Å². The monoisotopic (exact) mass is 215 g/mol. The highest BCUT2D eigenvalue weighted by atomic mass is 15.3. The standard InChI is InChI=1S/C13H17N3/c1-11-10-13(12-6-4-3-5-7-12)15-16(11)9-8-14-2/h3-7,10,14H,8-9H2,1-2H3. The molecule has 3 heteroatoms. The first-order valence-corrected chi connectivity index (χ1v) is 5.56. The number of aryl methyl sites for hydroxylation is 1. The second-order valence-corrected chi connectivity index (χ2v) is 3.86. The Morgan fingerprint density at radius 2 is 2.00 bits per heavy atom. The lowest BCUT2D eigenvalue weighted by molar-refractivity contribution is 0.573. The molecule has 0 saturated carbocycles. The van der Waals surface area contributed by atoms with E-state index in [4.69, 9.17) is 0 Å². The molecule has 0 fully saturated rings. The molecule has 3 nitrogen and oxygen atoms in total. The summed E-state index contributed by atoms with van der Waals surface area (Å²) in [5.41, 5.74) is 3.43. The molecule has 0 radical (unpaired) electrons. The van der Waals surface area contributed by atoms with E-state index in [0.717, 1.165) is 18.8 Å². The number of aromatic nitrogens is 2. The topological polar surface area (TPSA) is 29.9 Å². The average molecular weight is 215 g/mol. The van der Waals surface area contributed by atoms with E-state index < -0.39 is 0 Å². The summed E-state index contributed by atoms with van der Waals surface area (Å²) in [6.45, 7) is 3.95. The minimum absolute atomic E-state index is 0.912. The molecule has 0 aliphatic rings. The SMILES string of the molecule is CNCCn1nc(-c2ccccc2)cc1C. The van der Waals surface area contributed by atoms with Gasteiger partial charge >= 0.3 is 0 Å². The number of nitrogens with zero attached hydrogens (tertiary/aromatic N) is 2. The minimum atomic E-state index is 0.912. The van der Waals surface area contributed by atoms with Crippen molar-refractivity contribution in [3.8, 4) is 11.3 Å². The van der Waals surface area contributed by atoms with E-state index in [1.165, 1.54) is 11.3 Å². The van der Waals surface area contributed by atoms with Crippen molar-refractivity contribution in [3.63, 3.8) is 0 Å². The molecule has 84 valence electrons. The molecular weight excluding hydrogens is 198 g/mol. The molecule has 0 aliphatic heterocycles. The van der Waals surface area contributed by atoms with E-state index in [9.17, 15) is 0 Å². The summed E-state index contributed by atoms with van der Waals surface area (Å²) in [6, 6.07) is 12.4. The maximum Gasteiger partial charge on any atom is 0.0925 e. The molecule has 0 aliphatic carbocycles. The summed E-state index contributed by atoms with van der Waals surface area (Å²) in [6.07, 6.45) is 0. The van der Waals surface area contributed by atoms with Crippen LogP contribution < -0.4 is 5.32 Å². The van der Waals surface area contributed by atoms with Gasteiger partial charge in [0.2, 0.25) is 0 Å². The Kier molecular flexibility index (Phi) is 3.37. The zero-order valence-electron chi connectivity index (χ0n) is 9.77. The summed E-state index contributed by atoms with van der Waals surface area (Å²) in [5.74, 6) is 0. The van der Waals surface area contributed by atoms with Gasteiger partial charge in [-0.25, -0.2) is 0 Å². The van der Waals surface area contributed by atoms with Gasteiger partial charge in [-0.1, -0.05) is 30.3 Å². The van der Waals surface area contributed by atoms with Crippen molar-refractivity contribution in [2.45, 2.75) is 13.5 Å². The normalized spacial score (nSPS) is 10.6. The Morgan fingerprint density at radius 1 is 1.25 bits per heavy atom. The van der Waals surface area contributed by atoms with Crippen molar-refractivity contribution in [1.29, 1.82) is 0 Å². The number of hydrogen-bond acceptors (Lipinski definition) is 2. The van der Waals surface area contributed by atoms with Crippen LogP contribution >= 0.6 is 0 Å². The van der Waals surface area contributed by atoms with E-state index in [-0.39, 0.29) is 0 Å². The smallest absolute Gasteiger partial charge is 0.0925 e. The molecule has 2 aromatic rings. The van der Waals surface area contributed by atoms with Crippen LogP contribution in [0.15, 0.2) is 36.4 Å². The second kappa shape index (κ2) is 4.94. The molecule has 1 heterocycles. The van der Waals surface area contributed by atoms with Crippen LogP contribution in [0.2, 0.25) is 0 Å². The predicted molar refractivity (Wildman–Crippen MR) is 66.3 cm³/mol. The van der Waals surface area contributed by atoms with Gasteiger partial charge < -0.3 is 5.32 Å². The maximum absolute atomic E-state index is 4.59. The van der Waals surface area contributed by atoms with E-state index in [1.807, 2.05) is 29.9 Å². The zero-order valence-corrected chi connectivity index (χ0v) is 9.77. The third-order valence-corrected chi connectivity index (χ3v) is 2.62. The number of likely N-dealkylation sites (N-methyl/N-ethyl adjacent to an activating group) is 1. The molecular formula is C13H17N3. The van der Waals surface area contributed by atoms with Crippen molar-refractivity contribution in [1.82, 2.24) is 15.1 Å². The first-order valence-electron chi connectivity index (χ1n) is 5.56. The van der Waals surface area contributed by atoms with Crippen LogP contribution in [0.25, 0.3) is 11.3 Å². The van der Waals surface area contributed by atoms with Gasteiger partial charge in [-0.3, -0.25) is 4.68 Å². The van der Waals surface area contributed by atoms with Crippen LogP contribution in [0, 0.1) is 6.92 Å². The average Bonchev–Trinajstić information content (AvgIpc) is 2.69. The molecule has 16 heavy (non-hydrogen) atoms. The summed E-state index contributed by atoms with van der Waals surface area (Å²) >= 11 is 0. The number of nitrogens with one attached hydrogen (secondary N) is 1. The fraction of sp³-hybridized carbons (Fsp3) is 0.308. The fourth-order valence-corrected chi connectivity index (χ4v) is 1.70. The van der Waals surface area contributed by atoms with Crippen LogP contribution in [0.4, 0.5) is 0 Å². The highest BCUT2D eigenvalue weighted by Crippen LogP contribution is 2.17. The van der Waals surface area contributed by atoms with Crippen LogP contribution in [-0.2, 0) is 6.54 Å². The number of benzene rings is 1. The van der Waals surface area contributed by atoms with Gasteiger partial charge in [0.05, 0.1) is 12.2 Å². The summed E-state index contributed by atoms with van der Waals surface area (Å²) in [7, 11) is 1.96. The fourth-order valence-electron chi connectivity index (χ4n) is 1.70. The van der Waals surface area contributed by atoms with Gasteiger partial charge in [-0.05, 0) is 20.0 Å².